The first-order valence-electron chi connectivity index (χ1n) is 6.38. The molecule has 0 fully saturated rings. The van der Waals surface area contributed by atoms with Gasteiger partial charge in [-0.3, -0.25) is 0 Å². The summed E-state index contributed by atoms with van der Waals surface area (Å²) in [5, 5.41) is 0. The van der Waals surface area contributed by atoms with Crippen molar-refractivity contribution < 1.29 is 4.74 Å². The Morgan fingerprint density at radius 2 is 2.10 bits per heavy atom. The minimum absolute atomic E-state index is 0.179. The van der Waals surface area contributed by atoms with E-state index in [1.165, 1.54) is 0 Å². The maximum absolute atomic E-state index is 5.73. The van der Waals surface area contributed by atoms with Crippen molar-refractivity contribution in [2.45, 2.75) is 6.42 Å². The van der Waals surface area contributed by atoms with Crippen molar-refractivity contribution in [3.63, 3.8) is 0 Å². The van der Waals surface area contributed by atoms with E-state index in [0.717, 1.165) is 24.4 Å². The zero-order valence-electron chi connectivity index (χ0n) is 10.9. The molecule has 0 amide bonds. The van der Waals surface area contributed by atoms with Gasteiger partial charge in [-0.05, 0) is 18.6 Å². The van der Waals surface area contributed by atoms with E-state index >= 15 is 0 Å². The first kappa shape index (κ1) is 12.5. The smallest absolute Gasteiger partial charge is 0.224 e. The lowest BCUT2D eigenvalue weighted by Crippen LogP contribution is -2.20. The van der Waals surface area contributed by atoms with E-state index in [-0.39, 0.29) is 5.95 Å². The molecular weight excluding hydrogens is 256 g/mol. The van der Waals surface area contributed by atoms with Gasteiger partial charge in [0.25, 0.3) is 0 Å². The molecule has 1 aromatic heterocycles. The van der Waals surface area contributed by atoms with Crippen molar-refractivity contribution in [3.05, 3.63) is 30.3 Å². The van der Waals surface area contributed by atoms with E-state index in [4.69, 9.17) is 16.3 Å². The zero-order valence-corrected chi connectivity index (χ0v) is 10.9. The van der Waals surface area contributed by atoms with E-state index in [9.17, 15) is 0 Å². The number of fused-ring (bicyclic) bond motifs is 1. The fourth-order valence-electron chi connectivity index (χ4n) is 2.23. The van der Waals surface area contributed by atoms with Crippen LogP contribution in [-0.4, -0.2) is 23.1 Å². The van der Waals surface area contributed by atoms with Gasteiger partial charge in [0.05, 0.1) is 12.3 Å². The Kier molecular flexibility index (Phi) is 3.26. The predicted molar refractivity (Wildman–Crippen MR) is 77.8 cm³/mol. The maximum atomic E-state index is 5.73. The molecule has 5 N–H and O–H groups in total. The van der Waals surface area contributed by atoms with Gasteiger partial charge in [-0.2, -0.15) is 9.97 Å². The molecule has 0 bridgehead atoms. The molecular formula is C13H16N6O. The van der Waals surface area contributed by atoms with Gasteiger partial charge in [0.15, 0.2) is 0 Å². The molecule has 20 heavy (non-hydrogen) atoms. The molecule has 1 aromatic carbocycles. The molecule has 7 heteroatoms. The van der Waals surface area contributed by atoms with Crippen molar-refractivity contribution in [2.24, 2.45) is 5.84 Å². The van der Waals surface area contributed by atoms with Gasteiger partial charge in [0.1, 0.15) is 17.4 Å². The van der Waals surface area contributed by atoms with Gasteiger partial charge in [-0.15, -0.1) is 0 Å². The average Bonchev–Trinajstić information content (AvgIpc) is 2.69. The average molecular weight is 272 g/mol. The molecule has 0 saturated heterocycles. The highest BCUT2D eigenvalue weighted by Gasteiger charge is 2.19. The van der Waals surface area contributed by atoms with E-state index in [1.807, 2.05) is 24.3 Å². The molecule has 0 atom stereocenters. The highest BCUT2D eigenvalue weighted by atomic mass is 16.5. The van der Waals surface area contributed by atoms with Crippen LogP contribution in [0.4, 0.5) is 23.3 Å². The van der Waals surface area contributed by atoms with Gasteiger partial charge < -0.3 is 20.8 Å². The molecule has 0 aliphatic carbocycles. The van der Waals surface area contributed by atoms with Gasteiger partial charge in [0.2, 0.25) is 5.95 Å². The third-order valence-electron chi connectivity index (χ3n) is 3.09. The number of benzene rings is 1. The van der Waals surface area contributed by atoms with E-state index in [0.29, 0.717) is 18.2 Å². The van der Waals surface area contributed by atoms with Crippen LogP contribution < -0.4 is 26.6 Å². The molecule has 0 saturated carbocycles. The van der Waals surface area contributed by atoms with Crippen LogP contribution in [0.25, 0.3) is 0 Å². The Hall–Kier alpha value is -2.54. The Balaban J connectivity index is 2.07. The number of hydrogen-bond acceptors (Lipinski definition) is 7. The minimum atomic E-state index is 0.179. The summed E-state index contributed by atoms with van der Waals surface area (Å²) in [7, 11) is 0. The van der Waals surface area contributed by atoms with E-state index < -0.39 is 0 Å². The number of nitrogens with two attached hydrogens (primary N) is 2. The number of nitrogen functional groups attached to an aromatic ring is 2. The molecule has 2 aromatic rings. The number of nitrogens with zero attached hydrogens (tertiary/aromatic N) is 3. The topological polar surface area (TPSA) is 102 Å². The molecule has 0 radical (unpaired) electrons. The Bertz CT molecular complexity index is 618. The normalized spacial score (nSPS) is 14.2. The van der Waals surface area contributed by atoms with Crippen molar-refractivity contribution >= 4 is 23.3 Å². The quantitative estimate of drug-likeness (QED) is 0.558. The first-order chi connectivity index (χ1) is 9.78. The zero-order chi connectivity index (χ0) is 13.9. The Morgan fingerprint density at radius 1 is 1.25 bits per heavy atom. The summed E-state index contributed by atoms with van der Waals surface area (Å²) in [5.74, 6) is 7.60. The lowest BCUT2D eigenvalue weighted by atomic mass is 10.2. The summed E-state index contributed by atoms with van der Waals surface area (Å²) in [5.41, 5.74) is 9.19. The number of anilines is 4. The van der Waals surface area contributed by atoms with Gasteiger partial charge >= 0.3 is 0 Å². The third kappa shape index (κ3) is 2.30. The van der Waals surface area contributed by atoms with Gasteiger partial charge in [-0.1, -0.05) is 12.1 Å². The number of nitrogens with one attached hydrogen (secondary N) is 1. The predicted octanol–water partition coefficient (Wildman–Crippen LogP) is 1.27. The highest BCUT2D eigenvalue weighted by molar-refractivity contribution is 5.69. The number of hydrazine groups is 1. The molecule has 0 spiro atoms. The first-order valence-corrected chi connectivity index (χ1v) is 6.38. The van der Waals surface area contributed by atoms with Crippen LogP contribution in [0.3, 0.4) is 0 Å². The summed E-state index contributed by atoms with van der Waals surface area (Å²) in [4.78, 5) is 10.3. The fourth-order valence-corrected chi connectivity index (χ4v) is 2.23. The SMILES string of the molecule is NNc1cc(N2CCCOc3ccccc32)nc(N)n1. The van der Waals surface area contributed by atoms with Crippen LogP contribution >= 0.6 is 0 Å². The molecule has 1 aliphatic heterocycles. The van der Waals surface area contributed by atoms with Crippen LogP contribution in [0.1, 0.15) is 6.42 Å². The molecule has 104 valence electrons. The van der Waals surface area contributed by atoms with Crippen LogP contribution in [-0.2, 0) is 0 Å². The standard InChI is InChI=1S/C13H16N6O/c14-13-16-11(18-15)8-12(17-13)19-6-3-7-20-10-5-2-1-4-9(10)19/h1-2,4-5,8H,3,6-7,15H2,(H3,14,16,17,18). The number of ether oxygens (including phenoxy) is 1. The Labute approximate surface area is 116 Å². The van der Waals surface area contributed by atoms with Gasteiger partial charge in [-0.25, -0.2) is 5.84 Å². The molecule has 3 rings (SSSR count). The monoisotopic (exact) mass is 272 g/mol. The van der Waals surface area contributed by atoms with Crippen molar-refractivity contribution in [2.75, 3.05) is 29.2 Å². The Morgan fingerprint density at radius 3 is 2.95 bits per heavy atom. The molecule has 7 nitrogen and oxygen atoms in total. The van der Waals surface area contributed by atoms with Crippen molar-refractivity contribution in [3.8, 4) is 5.75 Å². The number of aromatic nitrogens is 2. The molecule has 1 aliphatic rings. The van der Waals surface area contributed by atoms with E-state index in [1.54, 1.807) is 6.07 Å². The minimum Gasteiger partial charge on any atom is -0.491 e. The second-order valence-corrected chi connectivity index (χ2v) is 4.44. The van der Waals surface area contributed by atoms with Crippen molar-refractivity contribution in [1.82, 2.24) is 9.97 Å². The third-order valence-corrected chi connectivity index (χ3v) is 3.09. The number of rotatable bonds is 2. The largest absolute Gasteiger partial charge is 0.491 e. The van der Waals surface area contributed by atoms with Crippen LogP contribution in [0.5, 0.6) is 5.75 Å². The van der Waals surface area contributed by atoms with Crippen molar-refractivity contribution in [1.29, 1.82) is 0 Å². The summed E-state index contributed by atoms with van der Waals surface area (Å²) < 4.78 is 5.73. The number of hydrogen-bond donors (Lipinski definition) is 3. The summed E-state index contributed by atoms with van der Waals surface area (Å²) in [6.07, 6.45) is 0.893. The molecule has 2 heterocycles. The van der Waals surface area contributed by atoms with E-state index in [2.05, 4.69) is 20.3 Å². The lowest BCUT2D eigenvalue weighted by molar-refractivity contribution is 0.322. The van der Waals surface area contributed by atoms with Crippen LogP contribution in [0, 0.1) is 0 Å². The van der Waals surface area contributed by atoms with Gasteiger partial charge in [0, 0.05) is 12.6 Å². The lowest BCUT2D eigenvalue weighted by Gasteiger charge is -2.23. The molecule has 0 unspecified atom stereocenters. The van der Waals surface area contributed by atoms with Crippen LogP contribution in [0.2, 0.25) is 0 Å². The summed E-state index contributed by atoms with van der Waals surface area (Å²) >= 11 is 0. The maximum Gasteiger partial charge on any atom is 0.224 e. The summed E-state index contributed by atoms with van der Waals surface area (Å²) in [6, 6.07) is 9.62. The summed E-state index contributed by atoms with van der Waals surface area (Å²) in [6.45, 7) is 1.47. The second kappa shape index (κ2) is 5.22. The van der Waals surface area contributed by atoms with Crippen LogP contribution in [0.15, 0.2) is 30.3 Å². The second-order valence-electron chi connectivity index (χ2n) is 4.44. The highest BCUT2D eigenvalue weighted by Crippen LogP contribution is 2.35. The number of para-hydroxylation sites is 2. The fraction of sp³-hybridized carbons (Fsp3) is 0.231.